The number of hydrogen-bond donors (Lipinski definition) is 0. The van der Waals surface area contributed by atoms with Crippen LogP contribution in [0.2, 0.25) is 0 Å². The molecule has 0 saturated heterocycles. The molecule has 0 atom stereocenters. The van der Waals surface area contributed by atoms with Crippen LogP contribution in [0.15, 0.2) is 48.5 Å². The van der Waals surface area contributed by atoms with Crippen LogP contribution in [0.5, 0.6) is 5.75 Å². The lowest BCUT2D eigenvalue weighted by Crippen LogP contribution is -2.44. The first-order valence-electron chi connectivity index (χ1n) is 7.42. The first kappa shape index (κ1) is 15.1. The van der Waals surface area contributed by atoms with Crippen molar-refractivity contribution in [1.29, 1.82) is 0 Å². The zero-order valence-electron chi connectivity index (χ0n) is 13.2. The second kappa shape index (κ2) is 6.12. The minimum absolute atomic E-state index is 0.0738. The number of hydrogen-bond acceptors (Lipinski definition) is 4. The van der Waals surface area contributed by atoms with Crippen LogP contribution >= 0.6 is 0 Å². The summed E-state index contributed by atoms with van der Waals surface area (Å²) >= 11 is 0. The SMILES string of the molecule is Cc1ccc2c(c1)OC(=O)CN2CC(=O)N(C)c1ccccc1. The van der Waals surface area contributed by atoms with Gasteiger partial charge < -0.3 is 14.5 Å². The van der Waals surface area contributed by atoms with Crippen LogP contribution in [-0.2, 0) is 9.59 Å². The Balaban J connectivity index is 1.80. The van der Waals surface area contributed by atoms with Gasteiger partial charge in [0.05, 0.1) is 12.2 Å². The molecule has 0 saturated carbocycles. The van der Waals surface area contributed by atoms with E-state index < -0.39 is 0 Å². The molecule has 118 valence electrons. The van der Waals surface area contributed by atoms with Crippen molar-refractivity contribution in [3.8, 4) is 5.75 Å². The van der Waals surface area contributed by atoms with E-state index in [-0.39, 0.29) is 25.0 Å². The minimum atomic E-state index is -0.349. The molecule has 23 heavy (non-hydrogen) atoms. The summed E-state index contributed by atoms with van der Waals surface area (Å²) in [5.74, 6) is 0.0760. The molecule has 1 heterocycles. The second-order valence-electron chi connectivity index (χ2n) is 5.59. The van der Waals surface area contributed by atoms with Gasteiger partial charge in [-0.25, -0.2) is 4.79 Å². The van der Waals surface area contributed by atoms with Gasteiger partial charge in [-0.3, -0.25) is 4.79 Å². The summed E-state index contributed by atoms with van der Waals surface area (Å²) in [5.41, 5.74) is 2.59. The van der Waals surface area contributed by atoms with Crippen molar-refractivity contribution in [2.45, 2.75) is 6.92 Å². The molecule has 1 aliphatic heterocycles. The Hall–Kier alpha value is -2.82. The third-order valence-electron chi connectivity index (χ3n) is 3.84. The van der Waals surface area contributed by atoms with E-state index in [9.17, 15) is 9.59 Å². The highest BCUT2D eigenvalue weighted by Crippen LogP contribution is 2.32. The molecule has 5 heteroatoms. The van der Waals surface area contributed by atoms with Gasteiger partial charge in [-0.1, -0.05) is 24.3 Å². The van der Waals surface area contributed by atoms with E-state index in [1.807, 2.05) is 55.5 Å². The summed E-state index contributed by atoms with van der Waals surface area (Å²) in [5, 5.41) is 0. The van der Waals surface area contributed by atoms with Gasteiger partial charge in [0.1, 0.15) is 6.54 Å². The average Bonchev–Trinajstić information content (AvgIpc) is 2.54. The molecular formula is C18H18N2O3. The summed E-state index contributed by atoms with van der Waals surface area (Å²) in [4.78, 5) is 27.7. The molecule has 0 fully saturated rings. The van der Waals surface area contributed by atoms with E-state index in [1.54, 1.807) is 16.8 Å². The Morgan fingerprint density at radius 3 is 2.70 bits per heavy atom. The highest BCUT2D eigenvalue weighted by atomic mass is 16.5. The van der Waals surface area contributed by atoms with Crippen molar-refractivity contribution < 1.29 is 14.3 Å². The first-order valence-corrected chi connectivity index (χ1v) is 7.42. The van der Waals surface area contributed by atoms with E-state index in [2.05, 4.69) is 0 Å². The van der Waals surface area contributed by atoms with Gasteiger partial charge in [0, 0.05) is 12.7 Å². The van der Waals surface area contributed by atoms with E-state index in [4.69, 9.17) is 4.74 Å². The molecule has 2 aromatic carbocycles. The second-order valence-corrected chi connectivity index (χ2v) is 5.59. The van der Waals surface area contributed by atoms with Gasteiger partial charge in [0.25, 0.3) is 0 Å². The van der Waals surface area contributed by atoms with Gasteiger partial charge in [-0.15, -0.1) is 0 Å². The summed E-state index contributed by atoms with van der Waals surface area (Å²) in [7, 11) is 1.73. The zero-order valence-corrected chi connectivity index (χ0v) is 13.2. The quantitative estimate of drug-likeness (QED) is 0.645. The predicted molar refractivity (Wildman–Crippen MR) is 88.9 cm³/mol. The van der Waals surface area contributed by atoms with Crippen LogP contribution in [0.1, 0.15) is 5.56 Å². The maximum absolute atomic E-state index is 12.5. The lowest BCUT2D eigenvalue weighted by Gasteiger charge is -2.30. The third kappa shape index (κ3) is 3.18. The van der Waals surface area contributed by atoms with Crippen LogP contribution in [0.25, 0.3) is 0 Å². The fourth-order valence-electron chi connectivity index (χ4n) is 2.57. The molecule has 0 N–H and O–H groups in total. The van der Waals surface area contributed by atoms with Crippen LogP contribution in [0.4, 0.5) is 11.4 Å². The number of fused-ring (bicyclic) bond motifs is 1. The molecule has 5 nitrogen and oxygen atoms in total. The van der Waals surface area contributed by atoms with Crippen LogP contribution in [0, 0.1) is 6.92 Å². The van der Waals surface area contributed by atoms with Crippen molar-refractivity contribution >= 4 is 23.3 Å². The number of rotatable bonds is 3. The fraction of sp³-hybridized carbons (Fsp3) is 0.222. The largest absolute Gasteiger partial charge is 0.423 e. The van der Waals surface area contributed by atoms with Gasteiger partial charge in [-0.2, -0.15) is 0 Å². The van der Waals surface area contributed by atoms with Crippen molar-refractivity contribution in [2.75, 3.05) is 29.9 Å². The molecule has 0 aromatic heterocycles. The van der Waals surface area contributed by atoms with Crippen LogP contribution < -0.4 is 14.5 Å². The number of likely N-dealkylation sites (N-methyl/N-ethyl adjacent to an activating group) is 1. The number of nitrogens with zero attached hydrogens (tertiary/aromatic N) is 2. The van der Waals surface area contributed by atoms with Crippen LogP contribution in [-0.4, -0.2) is 32.0 Å². The van der Waals surface area contributed by atoms with Gasteiger partial charge in [-0.05, 0) is 36.8 Å². The highest BCUT2D eigenvalue weighted by Gasteiger charge is 2.26. The van der Waals surface area contributed by atoms with Gasteiger partial charge in [0.15, 0.2) is 5.75 Å². The average molecular weight is 310 g/mol. The molecule has 1 aliphatic rings. The number of ether oxygens (including phenoxy) is 1. The lowest BCUT2D eigenvalue weighted by atomic mass is 10.1. The number of carbonyl (C=O) groups excluding carboxylic acids is 2. The monoisotopic (exact) mass is 310 g/mol. The normalized spacial score (nSPS) is 13.3. The van der Waals surface area contributed by atoms with Gasteiger partial charge >= 0.3 is 5.97 Å². The highest BCUT2D eigenvalue weighted by molar-refractivity contribution is 5.97. The molecule has 3 rings (SSSR count). The molecule has 0 bridgehead atoms. The number of anilines is 2. The molecular weight excluding hydrogens is 292 g/mol. The number of carbonyl (C=O) groups is 2. The number of para-hydroxylation sites is 1. The minimum Gasteiger partial charge on any atom is -0.423 e. The molecule has 1 amide bonds. The molecule has 0 spiro atoms. The summed E-state index contributed by atoms with van der Waals surface area (Å²) in [6.45, 7) is 2.13. The van der Waals surface area contributed by atoms with E-state index in [0.29, 0.717) is 5.75 Å². The standard InChI is InChI=1S/C18H18N2O3/c1-13-8-9-15-16(10-13)23-18(22)12-20(15)11-17(21)19(2)14-6-4-3-5-7-14/h3-10H,11-12H2,1-2H3. The van der Waals surface area contributed by atoms with E-state index >= 15 is 0 Å². The fourth-order valence-corrected chi connectivity index (χ4v) is 2.57. The molecule has 0 aliphatic carbocycles. The number of amides is 1. The Bertz CT molecular complexity index is 743. The Morgan fingerprint density at radius 1 is 1.22 bits per heavy atom. The topological polar surface area (TPSA) is 49.9 Å². The number of aryl methyl sites for hydroxylation is 1. The lowest BCUT2D eigenvalue weighted by molar-refractivity contribution is -0.133. The summed E-state index contributed by atoms with van der Waals surface area (Å²) < 4.78 is 5.26. The molecule has 0 radical (unpaired) electrons. The maximum Gasteiger partial charge on any atom is 0.331 e. The smallest absolute Gasteiger partial charge is 0.331 e. The third-order valence-corrected chi connectivity index (χ3v) is 3.84. The maximum atomic E-state index is 12.5. The van der Waals surface area contributed by atoms with Gasteiger partial charge in [0.2, 0.25) is 5.91 Å². The van der Waals surface area contributed by atoms with Crippen molar-refractivity contribution in [2.24, 2.45) is 0 Å². The Labute approximate surface area is 135 Å². The van der Waals surface area contributed by atoms with E-state index in [0.717, 1.165) is 16.9 Å². The number of esters is 1. The zero-order chi connectivity index (χ0) is 16.4. The van der Waals surface area contributed by atoms with Crippen LogP contribution in [0.3, 0.4) is 0 Å². The van der Waals surface area contributed by atoms with Crippen molar-refractivity contribution in [3.63, 3.8) is 0 Å². The molecule has 0 unspecified atom stereocenters. The predicted octanol–water partition coefficient (Wildman–Crippen LogP) is 2.38. The first-order chi connectivity index (χ1) is 11.0. The van der Waals surface area contributed by atoms with Crippen molar-refractivity contribution in [3.05, 3.63) is 54.1 Å². The Morgan fingerprint density at radius 2 is 1.96 bits per heavy atom. The number of benzene rings is 2. The summed E-state index contributed by atoms with van der Waals surface area (Å²) in [6.07, 6.45) is 0. The van der Waals surface area contributed by atoms with Crippen molar-refractivity contribution in [1.82, 2.24) is 0 Å². The Kier molecular flexibility index (Phi) is 4.02. The summed E-state index contributed by atoms with van der Waals surface area (Å²) in [6, 6.07) is 15.1. The molecule has 2 aromatic rings. The van der Waals surface area contributed by atoms with E-state index in [1.165, 1.54) is 0 Å².